The molecule has 2 aromatic rings. The fourth-order valence-corrected chi connectivity index (χ4v) is 5.67. The monoisotopic (exact) mass is 543 g/mol. The Morgan fingerprint density at radius 1 is 1.05 bits per heavy atom. The summed E-state index contributed by atoms with van der Waals surface area (Å²) in [6.45, 7) is 2.40. The van der Waals surface area contributed by atoms with Crippen LogP contribution in [0.5, 0.6) is 0 Å². The third kappa shape index (κ3) is 6.94. The number of carbonyl (C=O) groups excluding carboxylic acids is 1. The summed E-state index contributed by atoms with van der Waals surface area (Å²) in [7, 11) is -4.04. The first-order valence-corrected chi connectivity index (χ1v) is 13.9. The molecule has 4 rings (SSSR count). The van der Waals surface area contributed by atoms with Gasteiger partial charge in [-0.3, -0.25) is 10.1 Å². The van der Waals surface area contributed by atoms with Crippen molar-refractivity contribution in [1.29, 1.82) is 0 Å². The van der Waals surface area contributed by atoms with E-state index in [9.17, 15) is 13.2 Å². The van der Waals surface area contributed by atoms with Crippen molar-refractivity contribution < 1.29 is 13.2 Å². The molecule has 0 spiro atoms. The molecule has 10 nitrogen and oxygen atoms in total. The minimum absolute atomic E-state index is 0.0461. The number of hydrogen-bond donors (Lipinski definition) is 2. The van der Waals surface area contributed by atoms with Gasteiger partial charge in [0, 0.05) is 37.5 Å². The van der Waals surface area contributed by atoms with Gasteiger partial charge in [-0.05, 0) is 42.5 Å². The van der Waals surface area contributed by atoms with Crippen molar-refractivity contribution in [3.05, 3.63) is 70.7 Å². The topological polar surface area (TPSA) is 133 Å². The lowest BCUT2D eigenvalue weighted by Gasteiger charge is -2.31. The minimum atomic E-state index is -4.04. The van der Waals surface area contributed by atoms with Gasteiger partial charge in [-0.1, -0.05) is 60.5 Å². The first kappa shape index (κ1) is 26.8. The van der Waals surface area contributed by atoms with Gasteiger partial charge >= 0.3 is 10.2 Å². The van der Waals surface area contributed by atoms with E-state index in [1.807, 2.05) is 42.5 Å². The summed E-state index contributed by atoms with van der Waals surface area (Å²) in [5.74, 6) is -0.966. The second-order valence-corrected chi connectivity index (χ2v) is 10.9. The summed E-state index contributed by atoms with van der Waals surface area (Å²) in [6.07, 6.45) is 3.12. The normalized spacial score (nSPS) is 19.9. The molecule has 1 atom stereocenters. The molecule has 2 aliphatic heterocycles. The highest BCUT2D eigenvalue weighted by Crippen LogP contribution is 2.30. The molecule has 2 aromatic carbocycles. The van der Waals surface area contributed by atoms with E-state index in [1.165, 1.54) is 16.2 Å². The van der Waals surface area contributed by atoms with E-state index in [4.69, 9.17) is 22.4 Å². The van der Waals surface area contributed by atoms with Crippen molar-refractivity contribution in [2.45, 2.75) is 38.5 Å². The van der Waals surface area contributed by atoms with Crippen molar-refractivity contribution in [3.63, 3.8) is 0 Å². The number of halogens is 1. The number of hydrogen-bond acceptors (Lipinski definition) is 4. The quantitative estimate of drug-likeness (QED) is 0.451. The number of rotatable bonds is 4. The first-order valence-electron chi connectivity index (χ1n) is 12.1. The number of aliphatic imine (C=N–C) groups is 1. The van der Waals surface area contributed by atoms with Crippen LogP contribution in [0.15, 0.2) is 69.1 Å². The lowest BCUT2D eigenvalue weighted by molar-refractivity contribution is -0.117. The molecule has 12 heteroatoms. The fraction of sp³-hybridized carbons (Fsp3) is 0.360. The summed E-state index contributed by atoms with van der Waals surface area (Å²) >= 11 is 6.12. The van der Waals surface area contributed by atoms with Gasteiger partial charge < -0.3 is 5.73 Å². The highest BCUT2D eigenvalue weighted by atomic mass is 35.5. The van der Waals surface area contributed by atoms with Crippen molar-refractivity contribution in [2.75, 3.05) is 19.6 Å². The maximum atomic E-state index is 13.2. The average Bonchev–Trinajstić information content (AvgIpc) is 2.89. The zero-order chi connectivity index (χ0) is 26.4. The second kappa shape index (κ2) is 11.8. The molecule has 2 heterocycles. The van der Waals surface area contributed by atoms with E-state index in [2.05, 4.69) is 14.7 Å². The Hall–Kier alpha value is -3.28. The molecule has 0 saturated carbocycles. The van der Waals surface area contributed by atoms with Gasteiger partial charge in [0.05, 0.1) is 5.71 Å². The largest absolute Gasteiger partial charge is 0.369 e. The van der Waals surface area contributed by atoms with Gasteiger partial charge in [-0.2, -0.15) is 22.8 Å². The van der Waals surface area contributed by atoms with Crippen LogP contribution in [0.25, 0.3) is 0 Å². The van der Waals surface area contributed by atoms with Crippen LogP contribution in [-0.4, -0.2) is 60.9 Å². The Balaban J connectivity index is 1.79. The highest BCUT2D eigenvalue weighted by Gasteiger charge is 2.30. The Morgan fingerprint density at radius 2 is 1.73 bits per heavy atom. The zero-order valence-corrected chi connectivity index (χ0v) is 22.1. The van der Waals surface area contributed by atoms with E-state index in [0.29, 0.717) is 36.8 Å². The van der Waals surface area contributed by atoms with Crippen molar-refractivity contribution in [1.82, 2.24) is 14.6 Å². The lowest BCUT2D eigenvalue weighted by Crippen LogP contribution is -2.41. The number of nitrogens with zero attached hydrogens (tertiary/aromatic N) is 5. The van der Waals surface area contributed by atoms with E-state index < -0.39 is 16.1 Å². The number of piperidine rings is 1. The van der Waals surface area contributed by atoms with Crippen LogP contribution in [-0.2, 0) is 15.0 Å². The number of hydrazone groups is 1. The molecule has 37 heavy (non-hydrogen) atoms. The van der Waals surface area contributed by atoms with Gasteiger partial charge in [-0.15, -0.1) is 4.40 Å². The molecular weight excluding hydrogens is 514 g/mol. The van der Waals surface area contributed by atoms with E-state index in [0.717, 1.165) is 30.4 Å². The fourth-order valence-electron chi connectivity index (χ4n) is 4.37. The molecule has 196 valence electrons. The van der Waals surface area contributed by atoms with Crippen molar-refractivity contribution >= 4 is 45.3 Å². The summed E-state index contributed by atoms with van der Waals surface area (Å²) in [5.41, 5.74) is 8.53. The third-order valence-corrected chi connectivity index (χ3v) is 7.79. The van der Waals surface area contributed by atoms with Crippen LogP contribution >= 0.6 is 11.6 Å². The van der Waals surface area contributed by atoms with Crippen LogP contribution in [0.1, 0.15) is 49.7 Å². The van der Waals surface area contributed by atoms with Gasteiger partial charge in [0.25, 0.3) is 5.96 Å². The molecule has 0 radical (unpaired) electrons. The smallest absolute Gasteiger partial charge is 0.325 e. The van der Waals surface area contributed by atoms with Gasteiger partial charge in [0.15, 0.2) is 0 Å². The van der Waals surface area contributed by atoms with Crippen LogP contribution in [0.3, 0.4) is 0 Å². The van der Waals surface area contributed by atoms with Gasteiger partial charge in [0.1, 0.15) is 0 Å². The van der Waals surface area contributed by atoms with E-state index in [-0.39, 0.29) is 17.8 Å². The molecule has 0 aromatic heterocycles. The average molecular weight is 544 g/mol. The Bertz CT molecular complexity index is 1310. The third-order valence-electron chi connectivity index (χ3n) is 6.12. The Kier molecular flexibility index (Phi) is 8.57. The van der Waals surface area contributed by atoms with Gasteiger partial charge in [-0.25, -0.2) is 5.01 Å². The number of guanidine groups is 2. The predicted octanol–water partition coefficient (Wildman–Crippen LogP) is 3.07. The molecule has 0 unspecified atom stereocenters. The molecule has 1 saturated heterocycles. The Labute approximate surface area is 222 Å². The molecular formula is C25H30ClN7O3S. The lowest BCUT2D eigenvalue weighted by atomic mass is 9.86. The summed E-state index contributed by atoms with van der Waals surface area (Å²) in [6, 6.07) is 17.3. The van der Waals surface area contributed by atoms with Crippen molar-refractivity contribution in [3.8, 4) is 0 Å². The highest BCUT2D eigenvalue weighted by molar-refractivity contribution is 7.87. The standard InChI is InChI=1S/C25H30ClN7O3S/c1-18(34)28-24(27)29-25(31-37(35,36)32-15-6-3-7-16-32)33-17-14-22(19-8-4-2-5-9-19)23(30-33)20-10-12-21(26)13-11-20/h2,4-5,8-13,22H,3,6-7,14-17H2,1H3,(H3,27,28,29,31,34)/t22-/m0/s1. The second-order valence-electron chi connectivity index (χ2n) is 8.87. The maximum absolute atomic E-state index is 13.2. The molecule has 3 N–H and O–H groups in total. The summed E-state index contributed by atoms with van der Waals surface area (Å²) < 4.78 is 31.7. The SMILES string of the molecule is CC(=O)N/C(N)=N/C(=N/S(=O)(=O)N1CCCCC1)N1CC[C@@H](c2ccccc2)C(c2ccc(Cl)cc2)=N1. The first-order chi connectivity index (χ1) is 17.7. The molecule has 0 bridgehead atoms. The molecule has 0 aliphatic carbocycles. The Morgan fingerprint density at radius 3 is 2.38 bits per heavy atom. The number of carbonyl (C=O) groups is 1. The minimum Gasteiger partial charge on any atom is -0.369 e. The molecule has 2 aliphatic rings. The zero-order valence-electron chi connectivity index (χ0n) is 20.5. The predicted molar refractivity (Wildman–Crippen MR) is 146 cm³/mol. The van der Waals surface area contributed by atoms with Gasteiger partial charge in [0.2, 0.25) is 11.9 Å². The summed E-state index contributed by atoms with van der Waals surface area (Å²) in [5, 5.41) is 9.21. The number of amides is 1. The number of nitrogens with one attached hydrogen (secondary N) is 1. The van der Waals surface area contributed by atoms with Crippen LogP contribution in [0.2, 0.25) is 5.02 Å². The maximum Gasteiger partial charge on any atom is 0.325 e. The van der Waals surface area contributed by atoms with Crippen molar-refractivity contribution in [2.24, 2.45) is 20.2 Å². The van der Waals surface area contributed by atoms with Crippen LogP contribution in [0.4, 0.5) is 0 Å². The molecule has 1 amide bonds. The van der Waals surface area contributed by atoms with E-state index in [1.54, 1.807) is 12.1 Å². The van der Waals surface area contributed by atoms with Crippen LogP contribution < -0.4 is 11.1 Å². The van der Waals surface area contributed by atoms with E-state index >= 15 is 0 Å². The number of benzene rings is 2. The molecule has 1 fully saturated rings. The van der Waals surface area contributed by atoms with Crippen LogP contribution in [0, 0.1) is 0 Å². The number of nitrogens with two attached hydrogens (primary N) is 1. The summed E-state index contributed by atoms with van der Waals surface area (Å²) in [4.78, 5) is 15.7.